The first-order chi connectivity index (χ1) is 9.93. The first kappa shape index (κ1) is 18.4. The van der Waals surface area contributed by atoms with Crippen molar-refractivity contribution in [3.05, 3.63) is 0 Å². The Hall–Kier alpha value is -0.660. The Morgan fingerprint density at radius 1 is 1.43 bits per heavy atom. The number of hydrogen-bond acceptors (Lipinski definition) is 5. The van der Waals surface area contributed by atoms with Gasteiger partial charge in [-0.1, -0.05) is 13.3 Å². The van der Waals surface area contributed by atoms with Crippen molar-refractivity contribution in [3.8, 4) is 0 Å². The summed E-state index contributed by atoms with van der Waals surface area (Å²) in [5.41, 5.74) is 5.55. The highest BCUT2D eigenvalue weighted by molar-refractivity contribution is 7.91. The Bertz CT molecular complexity index is 425. The first-order valence-corrected chi connectivity index (χ1v) is 9.56. The molecule has 1 heterocycles. The Balaban J connectivity index is 2.57. The average molecular weight is 320 g/mol. The molecule has 0 aromatic heterocycles. The van der Waals surface area contributed by atoms with Crippen molar-refractivity contribution in [2.45, 2.75) is 45.1 Å². The number of hydrogen-bond donors (Lipinski definition) is 2. The number of sulfone groups is 1. The SMILES string of the molecule is CCC(CCN)CCC(=O)N(CCO)C1CCS(=O)(=O)C1. The van der Waals surface area contributed by atoms with Crippen molar-refractivity contribution in [2.75, 3.05) is 31.2 Å². The third-order valence-electron chi connectivity index (χ3n) is 4.23. The number of nitrogens with zero attached hydrogens (tertiary/aromatic N) is 1. The molecule has 6 nitrogen and oxygen atoms in total. The highest BCUT2D eigenvalue weighted by Gasteiger charge is 2.34. The molecule has 2 unspecified atom stereocenters. The Morgan fingerprint density at radius 2 is 2.14 bits per heavy atom. The molecule has 0 aromatic rings. The minimum absolute atomic E-state index is 0.0265. The van der Waals surface area contributed by atoms with Crippen LogP contribution in [0.25, 0.3) is 0 Å². The third kappa shape index (κ3) is 5.92. The van der Waals surface area contributed by atoms with Gasteiger partial charge in [0.2, 0.25) is 5.91 Å². The second kappa shape index (κ2) is 8.70. The molecule has 0 aliphatic carbocycles. The molecule has 1 fully saturated rings. The summed E-state index contributed by atoms with van der Waals surface area (Å²) in [5, 5.41) is 9.12. The van der Waals surface area contributed by atoms with E-state index in [4.69, 9.17) is 10.8 Å². The molecule has 1 saturated heterocycles. The zero-order valence-corrected chi connectivity index (χ0v) is 13.6. The van der Waals surface area contributed by atoms with Gasteiger partial charge in [-0.3, -0.25) is 4.79 Å². The topological polar surface area (TPSA) is 101 Å². The molecule has 0 saturated carbocycles. The van der Waals surface area contributed by atoms with Crippen LogP contribution in [0.2, 0.25) is 0 Å². The van der Waals surface area contributed by atoms with Crippen LogP contribution < -0.4 is 5.73 Å². The van der Waals surface area contributed by atoms with Crippen LogP contribution in [0.4, 0.5) is 0 Å². The molecular formula is C14H28N2O4S. The summed E-state index contributed by atoms with van der Waals surface area (Å²) in [5.74, 6) is 0.542. The Morgan fingerprint density at radius 3 is 2.62 bits per heavy atom. The van der Waals surface area contributed by atoms with Gasteiger partial charge >= 0.3 is 0 Å². The third-order valence-corrected chi connectivity index (χ3v) is 5.98. The predicted octanol–water partition coefficient (Wildman–Crippen LogP) is 0.150. The predicted molar refractivity (Wildman–Crippen MR) is 82.5 cm³/mol. The lowest BCUT2D eigenvalue weighted by Gasteiger charge is -2.28. The van der Waals surface area contributed by atoms with Crippen LogP contribution in [0, 0.1) is 5.92 Å². The normalized spacial score (nSPS) is 22.1. The number of aliphatic hydroxyl groups is 1. The van der Waals surface area contributed by atoms with Crippen molar-refractivity contribution in [1.82, 2.24) is 4.90 Å². The molecular weight excluding hydrogens is 292 g/mol. The maximum atomic E-state index is 12.3. The maximum absolute atomic E-state index is 12.3. The van der Waals surface area contributed by atoms with Crippen LogP contribution in [-0.4, -0.2) is 61.6 Å². The Labute approximate surface area is 127 Å². The van der Waals surface area contributed by atoms with Crippen molar-refractivity contribution in [1.29, 1.82) is 0 Å². The second-order valence-corrected chi connectivity index (χ2v) is 7.99. The van der Waals surface area contributed by atoms with Crippen LogP contribution in [0.1, 0.15) is 39.0 Å². The van der Waals surface area contributed by atoms with E-state index in [9.17, 15) is 13.2 Å². The number of nitrogens with two attached hydrogens (primary N) is 1. The Kier molecular flexibility index (Phi) is 7.62. The lowest BCUT2D eigenvalue weighted by Crippen LogP contribution is -2.42. The molecule has 3 N–H and O–H groups in total. The maximum Gasteiger partial charge on any atom is 0.222 e. The number of carbonyl (C=O) groups is 1. The van der Waals surface area contributed by atoms with Crippen LogP contribution in [0.5, 0.6) is 0 Å². The summed E-state index contributed by atoms with van der Waals surface area (Å²) in [4.78, 5) is 13.9. The molecule has 124 valence electrons. The molecule has 1 rings (SSSR count). The fraction of sp³-hybridized carbons (Fsp3) is 0.929. The highest BCUT2D eigenvalue weighted by atomic mass is 32.2. The number of rotatable bonds is 9. The van der Waals surface area contributed by atoms with E-state index >= 15 is 0 Å². The van der Waals surface area contributed by atoms with Crippen molar-refractivity contribution >= 4 is 15.7 Å². The van der Waals surface area contributed by atoms with Crippen molar-refractivity contribution < 1.29 is 18.3 Å². The highest BCUT2D eigenvalue weighted by Crippen LogP contribution is 2.21. The minimum Gasteiger partial charge on any atom is -0.395 e. The molecule has 21 heavy (non-hydrogen) atoms. The standard InChI is InChI=1S/C14H28N2O4S/c1-2-12(5-7-15)3-4-14(18)16(8-9-17)13-6-10-21(19,20)11-13/h12-13,17H,2-11,15H2,1H3. The summed E-state index contributed by atoms with van der Waals surface area (Å²) < 4.78 is 23.1. The fourth-order valence-electron chi connectivity index (χ4n) is 2.90. The van der Waals surface area contributed by atoms with Crippen LogP contribution in [0.3, 0.4) is 0 Å². The summed E-state index contributed by atoms with van der Waals surface area (Å²) in [7, 11) is -3.03. The molecule has 0 aromatic carbocycles. The largest absolute Gasteiger partial charge is 0.395 e. The zero-order chi connectivity index (χ0) is 15.9. The van der Waals surface area contributed by atoms with Gasteiger partial charge in [0.05, 0.1) is 18.1 Å². The van der Waals surface area contributed by atoms with Crippen LogP contribution in [-0.2, 0) is 14.6 Å². The van der Waals surface area contributed by atoms with E-state index in [-0.39, 0.29) is 36.6 Å². The molecule has 7 heteroatoms. The molecule has 1 aliphatic heterocycles. The lowest BCUT2D eigenvalue weighted by molar-refractivity contribution is -0.134. The van der Waals surface area contributed by atoms with Gasteiger partial charge in [0.25, 0.3) is 0 Å². The lowest BCUT2D eigenvalue weighted by atomic mass is 9.96. The fourth-order valence-corrected chi connectivity index (χ4v) is 4.63. The summed E-state index contributed by atoms with van der Waals surface area (Å²) in [6.45, 7) is 2.78. The molecule has 2 atom stereocenters. The quantitative estimate of drug-likeness (QED) is 0.630. The number of aliphatic hydroxyl groups excluding tert-OH is 1. The molecule has 0 bridgehead atoms. The van der Waals surface area contributed by atoms with Crippen molar-refractivity contribution in [2.24, 2.45) is 11.7 Å². The number of amides is 1. The monoisotopic (exact) mass is 320 g/mol. The van der Waals surface area contributed by atoms with E-state index in [0.29, 0.717) is 25.3 Å². The summed E-state index contributed by atoms with van der Waals surface area (Å²) in [6, 6.07) is -0.274. The molecule has 1 amide bonds. The van der Waals surface area contributed by atoms with Gasteiger partial charge in [-0.2, -0.15) is 0 Å². The second-order valence-electron chi connectivity index (χ2n) is 5.76. The van der Waals surface area contributed by atoms with Crippen LogP contribution >= 0.6 is 0 Å². The van der Waals surface area contributed by atoms with Gasteiger partial charge < -0.3 is 15.7 Å². The summed E-state index contributed by atoms with van der Waals surface area (Å²) >= 11 is 0. The average Bonchev–Trinajstić information content (AvgIpc) is 2.80. The zero-order valence-electron chi connectivity index (χ0n) is 12.8. The summed E-state index contributed by atoms with van der Waals surface area (Å²) in [6.07, 6.45) is 3.54. The van der Waals surface area contributed by atoms with E-state index < -0.39 is 9.84 Å². The van der Waals surface area contributed by atoms with Gasteiger partial charge in [0.15, 0.2) is 9.84 Å². The molecule has 0 radical (unpaired) electrons. The molecule has 0 spiro atoms. The first-order valence-electron chi connectivity index (χ1n) is 7.74. The van der Waals surface area contributed by atoms with Gasteiger partial charge in [-0.25, -0.2) is 8.42 Å². The van der Waals surface area contributed by atoms with Gasteiger partial charge in [0, 0.05) is 19.0 Å². The molecule has 1 aliphatic rings. The van der Waals surface area contributed by atoms with Gasteiger partial charge in [-0.15, -0.1) is 0 Å². The van der Waals surface area contributed by atoms with E-state index in [2.05, 4.69) is 6.92 Å². The smallest absolute Gasteiger partial charge is 0.222 e. The number of carbonyl (C=O) groups excluding carboxylic acids is 1. The van der Waals surface area contributed by atoms with E-state index in [0.717, 1.165) is 19.3 Å². The minimum atomic E-state index is -3.03. The van der Waals surface area contributed by atoms with Crippen molar-refractivity contribution in [3.63, 3.8) is 0 Å². The van der Waals surface area contributed by atoms with E-state index in [1.807, 2.05) is 0 Å². The van der Waals surface area contributed by atoms with Crippen LogP contribution in [0.15, 0.2) is 0 Å². The van der Waals surface area contributed by atoms with Gasteiger partial charge in [0.1, 0.15) is 0 Å². The van der Waals surface area contributed by atoms with E-state index in [1.54, 1.807) is 4.90 Å². The van der Waals surface area contributed by atoms with Gasteiger partial charge in [-0.05, 0) is 31.7 Å². The van der Waals surface area contributed by atoms with E-state index in [1.165, 1.54) is 0 Å².